The van der Waals surface area contributed by atoms with E-state index < -0.39 is 0 Å². The van der Waals surface area contributed by atoms with Gasteiger partial charge in [0, 0.05) is 24.4 Å². The SMILES string of the molecule is CC(N)CCC(=O)NCC1(c2cccc(F)c2)CCCCC1. The van der Waals surface area contributed by atoms with Gasteiger partial charge in [0.15, 0.2) is 0 Å². The molecule has 0 aliphatic heterocycles. The van der Waals surface area contributed by atoms with Gasteiger partial charge in [-0.2, -0.15) is 0 Å². The Morgan fingerprint density at radius 1 is 1.36 bits per heavy atom. The second kappa shape index (κ2) is 7.73. The van der Waals surface area contributed by atoms with E-state index >= 15 is 0 Å². The van der Waals surface area contributed by atoms with Crippen LogP contribution in [-0.4, -0.2) is 18.5 Å². The molecule has 1 aliphatic carbocycles. The topological polar surface area (TPSA) is 55.1 Å². The van der Waals surface area contributed by atoms with Gasteiger partial charge < -0.3 is 11.1 Å². The predicted molar refractivity (Wildman–Crippen MR) is 87.1 cm³/mol. The molecule has 0 heterocycles. The number of nitrogens with two attached hydrogens (primary N) is 1. The van der Waals surface area contributed by atoms with Crippen LogP contribution < -0.4 is 11.1 Å². The molecule has 3 N–H and O–H groups in total. The van der Waals surface area contributed by atoms with Crippen molar-refractivity contribution in [3.63, 3.8) is 0 Å². The Labute approximate surface area is 132 Å². The van der Waals surface area contributed by atoms with Gasteiger partial charge >= 0.3 is 0 Å². The Kier molecular flexibility index (Phi) is 5.95. The predicted octanol–water partition coefficient (Wildman–Crippen LogP) is 3.27. The van der Waals surface area contributed by atoms with Gasteiger partial charge in [0.05, 0.1) is 0 Å². The fourth-order valence-electron chi connectivity index (χ4n) is 3.33. The van der Waals surface area contributed by atoms with Crippen LogP contribution in [0.4, 0.5) is 4.39 Å². The molecule has 1 atom stereocenters. The Balaban J connectivity index is 2.05. The van der Waals surface area contributed by atoms with Crippen LogP contribution in [0.25, 0.3) is 0 Å². The minimum absolute atomic E-state index is 0.0395. The Morgan fingerprint density at radius 2 is 2.09 bits per heavy atom. The fourth-order valence-corrected chi connectivity index (χ4v) is 3.33. The molecular weight excluding hydrogens is 279 g/mol. The van der Waals surface area contributed by atoms with E-state index in [1.54, 1.807) is 12.1 Å². The van der Waals surface area contributed by atoms with Crippen LogP contribution in [0, 0.1) is 5.82 Å². The van der Waals surface area contributed by atoms with Crippen molar-refractivity contribution in [2.45, 2.75) is 63.3 Å². The molecule has 1 aromatic rings. The van der Waals surface area contributed by atoms with Crippen molar-refractivity contribution >= 4 is 5.91 Å². The van der Waals surface area contributed by atoms with Crippen molar-refractivity contribution in [2.24, 2.45) is 5.73 Å². The van der Waals surface area contributed by atoms with Crippen molar-refractivity contribution in [1.82, 2.24) is 5.32 Å². The third kappa shape index (κ3) is 4.54. The molecule has 122 valence electrons. The number of nitrogens with one attached hydrogen (secondary N) is 1. The molecule has 2 rings (SSSR count). The molecule has 1 amide bonds. The molecular formula is C18H27FN2O. The first kappa shape index (κ1) is 16.9. The van der Waals surface area contributed by atoms with Gasteiger partial charge in [-0.15, -0.1) is 0 Å². The number of benzene rings is 1. The summed E-state index contributed by atoms with van der Waals surface area (Å²) >= 11 is 0. The standard InChI is InChI=1S/C18H27FN2O/c1-14(20)8-9-17(22)21-13-18(10-3-2-4-11-18)15-6-5-7-16(19)12-15/h5-7,12,14H,2-4,8-11,13,20H2,1H3,(H,21,22). The van der Waals surface area contributed by atoms with Crippen molar-refractivity contribution < 1.29 is 9.18 Å². The summed E-state index contributed by atoms with van der Waals surface area (Å²) in [4.78, 5) is 12.0. The molecule has 4 heteroatoms. The summed E-state index contributed by atoms with van der Waals surface area (Å²) in [5.74, 6) is -0.163. The lowest BCUT2D eigenvalue weighted by molar-refractivity contribution is -0.121. The second-order valence-electron chi connectivity index (χ2n) is 6.64. The van der Waals surface area contributed by atoms with Gasteiger partial charge in [0.1, 0.15) is 5.82 Å². The van der Waals surface area contributed by atoms with Gasteiger partial charge in [-0.25, -0.2) is 4.39 Å². The van der Waals surface area contributed by atoms with Crippen LogP contribution in [-0.2, 0) is 10.2 Å². The number of rotatable bonds is 6. The maximum atomic E-state index is 13.6. The zero-order valence-corrected chi connectivity index (χ0v) is 13.4. The molecule has 0 radical (unpaired) electrons. The number of carbonyl (C=O) groups excluding carboxylic acids is 1. The number of amides is 1. The highest BCUT2D eigenvalue weighted by atomic mass is 19.1. The van der Waals surface area contributed by atoms with Gasteiger partial charge in [0.25, 0.3) is 0 Å². The van der Waals surface area contributed by atoms with E-state index in [1.165, 1.54) is 12.5 Å². The van der Waals surface area contributed by atoms with Crippen LogP contribution in [0.15, 0.2) is 24.3 Å². The summed E-state index contributed by atoms with van der Waals surface area (Å²) in [6.07, 6.45) is 6.64. The Morgan fingerprint density at radius 3 is 2.73 bits per heavy atom. The van der Waals surface area contributed by atoms with Crippen LogP contribution in [0.2, 0.25) is 0 Å². The van der Waals surface area contributed by atoms with Crippen LogP contribution in [0.3, 0.4) is 0 Å². The summed E-state index contributed by atoms with van der Waals surface area (Å²) in [7, 11) is 0. The largest absolute Gasteiger partial charge is 0.355 e. The van der Waals surface area contributed by atoms with Crippen LogP contribution >= 0.6 is 0 Å². The van der Waals surface area contributed by atoms with E-state index in [1.807, 2.05) is 13.0 Å². The normalized spacial score (nSPS) is 18.7. The highest BCUT2D eigenvalue weighted by Gasteiger charge is 2.34. The summed E-state index contributed by atoms with van der Waals surface area (Å²) in [5, 5.41) is 3.05. The first-order valence-electron chi connectivity index (χ1n) is 8.30. The van der Waals surface area contributed by atoms with Gasteiger partial charge in [-0.3, -0.25) is 4.79 Å². The number of hydrogen-bond donors (Lipinski definition) is 2. The minimum atomic E-state index is -0.203. The van der Waals surface area contributed by atoms with Crippen LogP contribution in [0.1, 0.15) is 57.4 Å². The summed E-state index contributed by atoms with van der Waals surface area (Å²) < 4.78 is 13.6. The zero-order chi connectivity index (χ0) is 16.0. The fraction of sp³-hybridized carbons (Fsp3) is 0.611. The Bertz CT molecular complexity index is 496. The summed E-state index contributed by atoms with van der Waals surface area (Å²) in [6.45, 7) is 2.50. The van der Waals surface area contributed by atoms with E-state index in [2.05, 4.69) is 5.32 Å². The van der Waals surface area contributed by atoms with Crippen molar-refractivity contribution in [2.75, 3.05) is 6.54 Å². The lowest BCUT2D eigenvalue weighted by Gasteiger charge is -2.38. The van der Waals surface area contributed by atoms with Crippen molar-refractivity contribution in [3.8, 4) is 0 Å². The molecule has 22 heavy (non-hydrogen) atoms. The molecule has 1 saturated carbocycles. The van der Waals surface area contributed by atoms with E-state index in [-0.39, 0.29) is 23.2 Å². The molecule has 3 nitrogen and oxygen atoms in total. The highest BCUT2D eigenvalue weighted by Crippen LogP contribution is 2.39. The minimum Gasteiger partial charge on any atom is -0.355 e. The number of carbonyl (C=O) groups is 1. The number of hydrogen-bond acceptors (Lipinski definition) is 2. The average Bonchev–Trinajstić information content (AvgIpc) is 2.52. The molecule has 1 unspecified atom stereocenters. The zero-order valence-electron chi connectivity index (χ0n) is 13.4. The molecule has 0 saturated heterocycles. The summed E-state index contributed by atoms with van der Waals surface area (Å²) in [5.41, 5.74) is 6.58. The monoisotopic (exact) mass is 306 g/mol. The molecule has 1 aliphatic rings. The molecule has 0 bridgehead atoms. The lowest BCUT2D eigenvalue weighted by Crippen LogP contribution is -2.42. The molecule has 0 spiro atoms. The van der Waals surface area contributed by atoms with Crippen molar-refractivity contribution in [3.05, 3.63) is 35.6 Å². The first-order valence-corrected chi connectivity index (χ1v) is 8.30. The second-order valence-corrected chi connectivity index (χ2v) is 6.64. The van der Waals surface area contributed by atoms with E-state index in [0.29, 0.717) is 19.4 Å². The lowest BCUT2D eigenvalue weighted by atomic mass is 9.69. The third-order valence-corrected chi connectivity index (χ3v) is 4.70. The molecule has 1 fully saturated rings. The first-order chi connectivity index (χ1) is 10.5. The number of halogens is 1. The highest BCUT2D eigenvalue weighted by molar-refractivity contribution is 5.76. The van der Waals surface area contributed by atoms with Crippen LogP contribution in [0.5, 0.6) is 0 Å². The van der Waals surface area contributed by atoms with Gasteiger partial charge in [-0.1, -0.05) is 31.4 Å². The molecule has 1 aromatic carbocycles. The van der Waals surface area contributed by atoms with E-state index in [4.69, 9.17) is 5.73 Å². The third-order valence-electron chi connectivity index (χ3n) is 4.70. The Hall–Kier alpha value is -1.42. The van der Waals surface area contributed by atoms with Crippen molar-refractivity contribution in [1.29, 1.82) is 0 Å². The van der Waals surface area contributed by atoms with Gasteiger partial charge in [0.2, 0.25) is 5.91 Å². The maximum Gasteiger partial charge on any atom is 0.220 e. The smallest absolute Gasteiger partial charge is 0.220 e. The molecule has 0 aromatic heterocycles. The van der Waals surface area contributed by atoms with E-state index in [9.17, 15) is 9.18 Å². The average molecular weight is 306 g/mol. The quantitative estimate of drug-likeness (QED) is 0.847. The summed E-state index contributed by atoms with van der Waals surface area (Å²) in [6, 6.07) is 6.89. The van der Waals surface area contributed by atoms with Gasteiger partial charge in [-0.05, 0) is 43.9 Å². The maximum absolute atomic E-state index is 13.6. The van der Waals surface area contributed by atoms with E-state index in [0.717, 1.165) is 31.2 Å².